The van der Waals surface area contributed by atoms with Crippen LogP contribution < -0.4 is 0 Å². The SMILES string of the molecule is Cc1c(C(=O)N2CCN(Cc3nc4ccccc4s3)CC2)oc2ccc(F)cc12. The summed E-state index contributed by atoms with van der Waals surface area (Å²) in [6, 6.07) is 12.5. The second-order valence-electron chi connectivity index (χ2n) is 7.34. The molecule has 0 N–H and O–H groups in total. The van der Waals surface area contributed by atoms with E-state index >= 15 is 0 Å². The Morgan fingerprint density at radius 2 is 1.97 bits per heavy atom. The molecule has 0 spiro atoms. The number of amides is 1. The molecule has 0 atom stereocenters. The number of aromatic nitrogens is 1. The standard InChI is InChI=1S/C22H20FN3O2S/c1-14-16-12-15(23)6-7-18(16)28-21(14)22(27)26-10-8-25(9-11-26)13-20-24-17-4-2-3-5-19(17)29-20/h2-7,12H,8-11,13H2,1H3. The highest BCUT2D eigenvalue weighted by Gasteiger charge is 2.27. The van der Waals surface area contributed by atoms with Gasteiger partial charge in [0.2, 0.25) is 0 Å². The van der Waals surface area contributed by atoms with Crippen LogP contribution in [0.25, 0.3) is 21.2 Å². The molecule has 0 unspecified atom stereocenters. The molecule has 1 fully saturated rings. The first kappa shape index (κ1) is 18.3. The minimum Gasteiger partial charge on any atom is -0.451 e. The van der Waals surface area contributed by atoms with Crippen molar-refractivity contribution in [3.8, 4) is 0 Å². The fraction of sp³-hybridized carbons (Fsp3) is 0.273. The number of carbonyl (C=O) groups excluding carboxylic acids is 1. The van der Waals surface area contributed by atoms with Gasteiger partial charge in [-0.1, -0.05) is 12.1 Å². The zero-order valence-electron chi connectivity index (χ0n) is 16.0. The molecule has 2 aromatic heterocycles. The lowest BCUT2D eigenvalue weighted by atomic mass is 10.1. The van der Waals surface area contributed by atoms with E-state index < -0.39 is 0 Å². The van der Waals surface area contributed by atoms with Gasteiger partial charge in [-0.3, -0.25) is 9.69 Å². The topological polar surface area (TPSA) is 49.6 Å². The monoisotopic (exact) mass is 409 g/mol. The van der Waals surface area contributed by atoms with Crippen LogP contribution in [-0.2, 0) is 6.54 Å². The van der Waals surface area contributed by atoms with Crippen molar-refractivity contribution in [2.75, 3.05) is 26.2 Å². The van der Waals surface area contributed by atoms with E-state index in [1.165, 1.54) is 16.8 Å². The van der Waals surface area contributed by atoms with Gasteiger partial charge in [0.05, 0.1) is 16.8 Å². The molecule has 0 radical (unpaired) electrons. The van der Waals surface area contributed by atoms with Gasteiger partial charge >= 0.3 is 0 Å². The second kappa shape index (κ2) is 7.24. The highest BCUT2D eigenvalue weighted by molar-refractivity contribution is 7.18. The fourth-order valence-electron chi connectivity index (χ4n) is 3.83. The number of rotatable bonds is 3. The molecule has 148 valence electrons. The number of nitrogens with zero attached hydrogens (tertiary/aromatic N) is 3. The minimum absolute atomic E-state index is 0.126. The summed E-state index contributed by atoms with van der Waals surface area (Å²) in [6.07, 6.45) is 0. The Hall–Kier alpha value is -2.77. The van der Waals surface area contributed by atoms with Crippen molar-refractivity contribution in [2.45, 2.75) is 13.5 Å². The highest BCUT2D eigenvalue weighted by atomic mass is 32.1. The van der Waals surface area contributed by atoms with Crippen molar-refractivity contribution < 1.29 is 13.6 Å². The largest absolute Gasteiger partial charge is 0.451 e. The Bertz CT molecular complexity index is 1170. The molecule has 4 aromatic rings. The number of thiazole rings is 1. The maximum Gasteiger partial charge on any atom is 0.289 e. The number of para-hydroxylation sites is 1. The van der Waals surface area contributed by atoms with E-state index in [1.54, 1.807) is 17.4 Å². The van der Waals surface area contributed by atoms with Crippen molar-refractivity contribution >= 4 is 38.4 Å². The van der Waals surface area contributed by atoms with Crippen LogP contribution in [0.1, 0.15) is 21.1 Å². The first-order chi connectivity index (χ1) is 14.1. The molecule has 0 saturated carbocycles. The van der Waals surface area contributed by atoms with Crippen LogP contribution in [0.3, 0.4) is 0 Å². The van der Waals surface area contributed by atoms with E-state index in [9.17, 15) is 9.18 Å². The molecule has 1 aliphatic rings. The number of halogens is 1. The number of hydrogen-bond donors (Lipinski definition) is 0. The van der Waals surface area contributed by atoms with E-state index in [1.807, 2.05) is 30.0 Å². The van der Waals surface area contributed by atoms with Gasteiger partial charge in [-0.25, -0.2) is 9.37 Å². The lowest BCUT2D eigenvalue weighted by molar-refractivity contribution is 0.0599. The predicted octanol–water partition coefficient (Wildman–Crippen LogP) is 4.45. The van der Waals surface area contributed by atoms with Gasteiger partial charge in [-0.15, -0.1) is 11.3 Å². The van der Waals surface area contributed by atoms with Crippen molar-refractivity contribution in [1.29, 1.82) is 0 Å². The minimum atomic E-state index is -0.330. The lowest BCUT2D eigenvalue weighted by Crippen LogP contribution is -2.48. The normalized spacial score (nSPS) is 15.4. The van der Waals surface area contributed by atoms with Gasteiger partial charge in [-0.05, 0) is 37.3 Å². The van der Waals surface area contributed by atoms with E-state index in [0.29, 0.717) is 35.4 Å². The number of fused-ring (bicyclic) bond motifs is 2. The molecular formula is C22H20FN3O2S. The zero-order valence-corrected chi connectivity index (χ0v) is 16.8. The van der Waals surface area contributed by atoms with Gasteiger partial charge in [0.1, 0.15) is 16.4 Å². The molecule has 1 saturated heterocycles. The third kappa shape index (κ3) is 3.41. The van der Waals surface area contributed by atoms with Crippen LogP contribution in [0.15, 0.2) is 46.9 Å². The number of benzene rings is 2. The number of piperazine rings is 1. The molecule has 1 amide bonds. The fourth-order valence-corrected chi connectivity index (χ4v) is 4.84. The average molecular weight is 409 g/mol. The summed E-state index contributed by atoms with van der Waals surface area (Å²) in [7, 11) is 0. The molecular weight excluding hydrogens is 389 g/mol. The summed E-state index contributed by atoms with van der Waals surface area (Å²) in [6.45, 7) is 5.44. The van der Waals surface area contributed by atoms with E-state index in [0.717, 1.165) is 30.2 Å². The number of furan rings is 1. The summed E-state index contributed by atoms with van der Waals surface area (Å²) in [5, 5.41) is 1.75. The summed E-state index contributed by atoms with van der Waals surface area (Å²) in [5.41, 5.74) is 2.28. The number of carbonyl (C=O) groups is 1. The Labute approximate surface area is 171 Å². The first-order valence-electron chi connectivity index (χ1n) is 9.63. The molecule has 0 bridgehead atoms. The third-order valence-corrected chi connectivity index (χ3v) is 6.47. The van der Waals surface area contributed by atoms with E-state index in [2.05, 4.69) is 11.0 Å². The molecule has 0 aliphatic carbocycles. The summed E-state index contributed by atoms with van der Waals surface area (Å²) >= 11 is 1.72. The predicted molar refractivity (Wildman–Crippen MR) is 112 cm³/mol. The summed E-state index contributed by atoms with van der Waals surface area (Å²) in [5.74, 6) is -0.146. The smallest absolute Gasteiger partial charge is 0.289 e. The van der Waals surface area contributed by atoms with Crippen molar-refractivity contribution in [3.63, 3.8) is 0 Å². The van der Waals surface area contributed by atoms with Crippen LogP contribution in [0.4, 0.5) is 4.39 Å². The van der Waals surface area contributed by atoms with Crippen LogP contribution in [-0.4, -0.2) is 46.9 Å². The Kier molecular flexibility index (Phi) is 4.56. The number of aryl methyl sites for hydroxylation is 1. The highest BCUT2D eigenvalue weighted by Crippen LogP contribution is 2.28. The van der Waals surface area contributed by atoms with E-state index in [4.69, 9.17) is 9.40 Å². The summed E-state index contributed by atoms with van der Waals surface area (Å²) in [4.78, 5) is 21.8. The molecule has 5 rings (SSSR count). The number of hydrogen-bond acceptors (Lipinski definition) is 5. The van der Waals surface area contributed by atoms with Gasteiger partial charge < -0.3 is 9.32 Å². The third-order valence-electron chi connectivity index (χ3n) is 5.45. The van der Waals surface area contributed by atoms with Crippen molar-refractivity contribution in [1.82, 2.24) is 14.8 Å². The first-order valence-corrected chi connectivity index (χ1v) is 10.4. The second-order valence-corrected chi connectivity index (χ2v) is 8.46. The van der Waals surface area contributed by atoms with Crippen molar-refractivity contribution in [2.24, 2.45) is 0 Å². The van der Waals surface area contributed by atoms with Crippen LogP contribution in [0.5, 0.6) is 0 Å². The van der Waals surface area contributed by atoms with Crippen LogP contribution >= 0.6 is 11.3 Å². The molecule has 3 heterocycles. The van der Waals surface area contributed by atoms with Crippen LogP contribution in [0, 0.1) is 12.7 Å². The maximum absolute atomic E-state index is 13.5. The van der Waals surface area contributed by atoms with Crippen molar-refractivity contribution in [3.05, 3.63) is 64.6 Å². The van der Waals surface area contributed by atoms with Gasteiger partial charge in [0.25, 0.3) is 5.91 Å². The van der Waals surface area contributed by atoms with Gasteiger partial charge in [0, 0.05) is 37.1 Å². The zero-order chi connectivity index (χ0) is 20.0. The molecule has 5 nitrogen and oxygen atoms in total. The molecule has 2 aromatic carbocycles. The van der Waals surface area contributed by atoms with Crippen LogP contribution in [0.2, 0.25) is 0 Å². The maximum atomic E-state index is 13.5. The lowest BCUT2D eigenvalue weighted by Gasteiger charge is -2.33. The Morgan fingerprint density at radius 3 is 2.76 bits per heavy atom. The van der Waals surface area contributed by atoms with Gasteiger partial charge in [-0.2, -0.15) is 0 Å². The molecule has 7 heteroatoms. The quantitative estimate of drug-likeness (QED) is 0.502. The van der Waals surface area contributed by atoms with Gasteiger partial charge in [0.15, 0.2) is 5.76 Å². The molecule has 29 heavy (non-hydrogen) atoms. The molecule has 1 aliphatic heterocycles. The Morgan fingerprint density at radius 1 is 1.17 bits per heavy atom. The van der Waals surface area contributed by atoms with E-state index in [-0.39, 0.29) is 11.7 Å². The summed E-state index contributed by atoms with van der Waals surface area (Å²) < 4.78 is 20.5. The Balaban J connectivity index is 1.26. The average Bonchev–Trinajstić information content (AvgIpc) is 3.28.